The predicted octanol–water partition coefficient (Wildman–Crippen LogP) is 3.68. The molecule has 4 heterocycles. The van der Waals surface area contributed by atoms with Crippen LogP contribution >= 0.6 is 11.3 Å². The minimum Gasteiger partial charge on any atom is -0.391 e. The van der Waals surface area contributed by atoms with E-state index in [4.69, 9.17) is 9.72 Å². The molecule has 9 heteroatoms. The number of H-pyrrole nitrogens is 2. The maximum absolute atomic E-state index is 13.2. The van der Waals surface area contributed by atoms with Crippen LogP contribution in [0.25, 0.3) is 32.6 Å². The Morgan fingerprint density at radius 2 is 2.00 bits per heavy atom. The average Bonchev–Trinajstić information content (AvgIpc) is 3.47. The second-order valence-corrected chi connectivity index (χ2v) is 9.77. The molecule has 33 heavy (non-hydrogen) atoms. The van der Waals surface area contributed by atoms with Gasteiger partial charge in [0.1, 0.15) is 16.2 Å². The van der Waals surface area contributed by atoms with Gasteiger partial charge in [-0.1, -0.05) is 12.8 Å². The van der Waals surface area contributed by atoms with E-state index in [9.17, 15) is 9.90 Å². The van der Waals surface area contributed by atoms with Crippen LogP contribution in [0.2, 0.25) is 0 Å². The molecule has 2 atom stereocenters. The maximum atomic E-state index is 13.2. The highest BCUT2D eigenvalue weighted by Crippen LogP contribution is 2.35. The lowest BCUT2D eigenvalue weighted by molar-refractivity contribution is 0.116. The summed E-state index contributed by atoms with van der Waals surface area (Å²) in [6.45, 7) is 3.17. The molecule has 1 aliphatic carbocycles. The summed E-state index contributed by atoms with van der Waals surface area (Å²) in [4.78, 5) is 27.5. The summed E-state index contributed by atoms with van der Waals surface area (Å²) in [5, 5.41) is 17.0. The first kappa shape index (κ1) is 20.7. The maximum Gasteiger partial charge on any atom is 0.262 e. The fraction of sp³-hybridized carbons (Fsp3) is 0.417. The number of nitrogens with zero attached hydrogens (tertiary/aromatic N) is 2. The Hall–Kier alpha value is -2.88. The minimum absolute atomic E-state index is 0.0836. The van der Waals surface area contributed by atoms with Crippen LogP contribution in [0.4, 0.5) is 11.4 Å². The number of morpholine rings is 1. The molecule has 1 saturated heterocycles. The number of nitrogens with one attached hydrogen (secondary N) is 3. The summed E-state index contributed by atoms with van der Waals surface area (Å²) < 4.78 is 5.47. The van der Waals surface area contributed by atoms with E-state index in [-0.39, 0.29) is 11.6 Å². The summed E-state index contributed by atoms with van der Waals surface area (Å²) in [5.41, 5.74) is 3.87. The number of fused-ring (bicyclic) bond motifs is 2. The van der Waals surface area contributed by atoms with Crippen molar-refractivity contribution in [2.75, 3.05) is 36.5 Å². The van der Waals surface area contributed by atoms with Gasteiger partial charge >= 0.3 is 0 Å². The molecule has 2 aliphatic rings. The Balaban J connectivity index is 1.45. The number of aromatic amines is 2. The third kappa shape index (κ3) is 3.80. The highest BCUT2D eigenvalue weighted by atomic mass is 32.1. The molecule has 4 aromatic rings. The molecule has 0 bridgehead atoms. The zero-order valence-corrected chi connectivity index (χ0v) is 19.1. The predicted molar refractivity (Wildman–Crippen MR) is 132 cm³/mol. The van der Waals surface area contributed by atoms with E-state index < -0.39 is 6.10 Å². The summed E-state index contributed by atoms with van der Waals surface area (Å²) >= 11 is 1.50. The molecule has 0 spiro atoms. The molecule has 172 valence electrons. The second-order valence-electron chi connectivity index (χ2n) is 8.86. The van der Waals surface area contributed by atoms with E-state index in [1.807, 2.05) is 17.5 Å². The smallest absolute Gasteiger partial charge is 0.262 e. The van der Waals surface area contributed by atoms with Gasteiger partial charge in [0.2, 0.25) is 0 Å². The Morgan fingerprint density at radius 3 is 2.85 bits per heavy atom. The molecule has 4 N–H and O–H groups in total. The molecule has 1 aromatic carbocycles. The Morgan fingerprint density at radius 1 is 1.15 bits per heavy atom. The lowest BCUT2D eigenvalue weighted by Crippen LogP contribution is -2.37. The van der Waals surface area contributed by atoms with Gasteiger partial charge in [0.15, 0.2) is 0 Å². The molecular weight excluding hydrogens is 438 g/mol. The molecule has 2 unspecified atom stereocenters. The standard InChI is InChI=1S/C24H27N5O3S/c30-19-4-2-1-3-17(19)25-21-15-7-12-33-24(15)28-23(31)20(21)22-26-16-6-5-14(13-18(16)27-22)29-8-10-32-11-9-29/h5-7,12-13,17,19,30H,1-4,8-11H2,(H,26,27)(H2,25,28,31). The van der Waals surface area contributed by atoms with Gasteiger partial charge in [-0.25, -0.2) is 4.98 Å². The van der Waals surface area contributed by atoms with Crippen molar-refractivity contribution in [3.05, 3.63) is 40.0 Å². The minimum atomic E-state index is -0.425. The van der Waals surface area contributed by atoms with Crippen molar-refractivity contribution in [1.82, 2.24) is 15.0 Å². The van der Waals surface area contributed by atoms with Crippen LogP contribution in [0.5, 0.6) is 0 Å². The molecule has 1 aliphatic heterocycles. The van der Waals surface area contributed by atoms with Gasteiger partial charge in [0.25, 0.3) is 5.56 Å². The van der Waals surface area contributed by atoms with Gasteiger partial charge in [-0.2, -0.15) is 0 Å². The van der Waals surface area contributed by atoms with E-state index in [1.165, 1.54) is 11.3 Å². The third-order valence-electron chi connectivity index (χ3n) is 6.78. The van der Waals surface area contributed by atoms with Crippen molar-refractivity contribution in [2.24, 2.45) is 0 Å². The molecule has 0 radical (unpaired) electrons. The van der Waals surface area contributed by atoms with Crippen molar-refractivity contribution < 1.29 is 9.84 Å². The van der Waals surface area contributed by atoms with Crippen LogP contribution in [0, 0.1) is 0 Å². The number of rotatable bonds is 4. The monoisotopic (exact) mass is 465 g/mol. The highest BCUT2D eigenvalue weighted by molar-refractivity contribution is 7.16. The molecule has 3 aromatic heterocycles. The Kier molecular flexibility index (Phi) is 5.32. The summed E-state index contributed by atoms with van der Waals surface area (Å²) in [5.74, 6) is 0.534. The SMILES string of the molecule is O=c1[nH]c2sccc2c(NC2CCCCC2O)c1-c1nc2ccc(N3CCOCC3)cc2[nH]1. The fourth-order valence-corrected chi connectivity index (χ4v) is 5.78. The normalized spacial score (nSPS) is 21.7. The van der Waals surface area contributed by atoms with E-state index in [0.29, 0.717) is 11.4 Å². The van der Waals surface area contributed by atoms with Crippen LogP contribution in [-0.2, 0) is 4.74 Å². The third-order valence-corrected chi connectivity index (χ3v) is 7.61. The summed E-state index contributed by atoms with van der Waals surface area (Å²) in [6.07, 6.45) is 3.32. The molecule has 2 fully saturated rings. The average molecular weight is 466 g/mol. The molecule has 8 nitrogen and oxygen atoms in total. The van der Waals surface area contributed by atoms with E-state index >= 15 is 0 Å². The van der Waals surface area contributed by atoms with E-state index in [1.54, 1.807) is 0 Å². The highest BCUT2D eigenvalue weighted by Gasteiger charge is 2.27. The first-order valence-corrected chi connectivity index (χ1v) is 12.5. The van der Waals surface area contributed by atoms with Crippen LogP contribution in [-0.4, -0.2) is 58.5 Å². The number of aromatic nitrogens is 3. The van der Waals surface area contributed by atoms with Gasteiger partial charge in [-0.3, -0.25) is 4.79 Å². The van der Waals surface area contributed by atoms with Crippen molar-refractivity contribution in [3.63, 3.8) is 0 Å². The van der Waals surface area contributed by atoms with Crippen LogP contribution in [0.1, 0.15) is 25.7 Å². The Labute approximate surface area is 194 Å². The van der Waals surface area contributed by atoms with Crippen LogP contribution in [0.3, 0.4) is 0 Å². The van der Waals surface area contributed by atoms with Gasteiger partial charge in [0.05, 0.1) is 42.1 Å². The number of hydrogen-bond donors (Lipinski definition) is 4. The van der Waals surface area contributed by atoms with Gasteiger partial charge < -0.3 is 30.0 Å². The van der Waals surface area contributed by atoms with Gasteiger partial charge in [-0.15, -0.1) is 11.3 Å². The number of hydrogen-bond acceptors (Lipinski definition) is 7. The number of benzene rings is 1. The van der Waals surface area contributed by atoms with Crippen molar-refractivity contribution in [2.45, 2.75) is 37.8 Å². The number of aliphatic hydroxyl groups excluding tert-OH is 1. The lowest BCUT2D eigenvalue weighted by Gasteiger charge is -2.30. The van der Waals surface area contributed by atoms with Crippen LogP contribution in [0.15, 0.2) is 34.4 Å². The first-order chi connectivity index (χ1) is 16.2. The number of pyridine rings is 1. The topological polar surface area (TPSA) is 106 Å². The second kappa shape index (κ2) is 8.48. The van der Waals surface area contributed by atoms with Crippen molar-refractivity contribution >= 4 is 44.0 Å². The van der Waals surface area contributed by atoms with E-state index in [2.05, 4.69) is 32.3 Å². The number of thiophene rings is 1. The van der Waals surface area contributed by atoms with Crippen molar-refractivity contribution in [1.29, 1.82) is 0 Å². The fourth-order valence-electron chi connectivity index (χ4n) is 4.99. The zero-order chi connectivity index (χ0) is 22.4. The number of ether oxygens (including phenoxy) is 1. The Bertz CT molecular complexity index is 1350. The molecule has 0 amide bonds. The zero-order valence-electron chi connectivity index (χ0n) is 18.3. The molecular formula is C24H27N5O3S. The number of imidazole rings is 1. The first-order valence-electron chi connectivity index (χ1n) is 11.6. The quantitative estimate of drug-likeness (QED) is 0.366. The number of aliphatic hydroxyl groups is 1. The molecule has 6 rings (SSSR count). The van der Waals surface area contributed by atoms with Crippen LogP contribution < -0.4 is 15.8 Å². The van der Waals surface area contributed by atoms with Gasteiger partial charge in [0, 0.05) is 24.2 Å². The molecule has 1 saturated carbocycles. The van der Waals surface area contributed by atoms with Crippen molar-refractivity contribution in [3.8, 4) is 11.4 Å². The van der Waals surface area contributed by atoms with E-state index in [0.717, 1.165) is 84.6 Å². The lowest BCUT2D eigenvalue weighted by atomic mass is 9.92. The number of anilines is 2. The van der Waals surface area contributed by atoms with Gasteiger partial charge in [-0.05, 0) is 42.5 Å². The summed E-state index contributed by atoms with van der Waals surface area (Å²) in [6, 6.07) is 8.08. The largest absolute Gasteiger partial charge is 0.391 e. The summed E-state index contributed by atoms with van der Waals surface area (Å²) in [7, 11) is 0.